The summed E-state index contributed by atoms with van der Waals surface area (Å²) in [6.45, 7) is 10.4. The predicted molar refractivity (Wildman–Crippen MR) is 89.0 cm³/mol. The number of rotatable bonds is 4. The SMILES string of the molecule is Cc1cc2oc(=O)cc(C[NH+]3CC[NH+](CCO)CC3)c2cc1C. The van der Waals surface area contributed by atoms with E-state index in [0.717, 1.165) is 55.8 Å². The van der Waals surface area contributed by atoms with Crippen molar-refractivity contribution in [2.24, 2.45) is 0 Å². The fourth-order valence-corrected chi connectivity index (χ4v) is 3.44. The van der Waals surface area contributed by atoms with Crippen molar-refractivity contribution in [3.05, 3.63) is 45.3 Å². The lowest BCUT2D eigenvalue weighted by atomic mass is 10.0. The second-order valence-electron chi connectivity index (χ2n) is 6.67. The van der Waals surface area contributed by atoms with Crippen molar-refractivity contribution in [3.63, 3.8) is 0 Å². The van der Waals surface area contributed by atoms with Crippen LogP contribution in [0.25, 0.3) is 11.0 Å². The van der Waals surface area contributed by atoms with Crippen LogP contribution in [-0.2, 0) is 6.54 Å². The van der Waals surface area contributed by atoms with E-state index < -0.39 is 0 Å². The zero-order valence-electron chi connectivity index (χ0n) is 13.9. The molecule has 124 valence electrons. The topological polar surface area (TPSA) is 59.3 Å². The Morgan fingerprint density at radius 3 is 2.39 bits per heavy atom. The lowest BCUT2D eigenvalue weighted by molar-refractivity contribution is -1.02. The van der Waals surface area contributed by atoms with E-state index >= 15 is 0 Å². The average Bonchev–Trinajstić information content (AvgIpc) is 2.51. The van der Waals surface area contributed by atoms with Gasteiger partial charge in [-0.25, -0.2) is 4.79 Å². The van der Waals surface area contributed by atoms with Crippen LogP contribution in [0, 0.1) is 13.8 Å². The molecule has 1 saturated heterocycles. The van der Waals surface area contributed by atoms with Crippen molar-refractivity contribution in [1.29, 1.82) is 0 Å². The molecule has 0 radical (unpaired) electrons. The molecule has 2 aromatic rings. The molecule has 0 atom stereocenters. The van der Waals surface area contributed by atoms with E-state index in [1.165, 1.54) is 15.4 Å². The van der Waals surface area contributed by atoms with Crippen LogP contribution in [0.3, 0.4) is 0 Å². The fraction of sp³-hybridized carbons (Fsp3) is 0.500. The molecule has 3 rings (SSSR count). The van der Waals surface area contributed by atoms with Gasteiger partial charge in [-0.15, -0.1) is 0 Å². The smallest absolute Gasteiger partial charge is 0.336 e. The summed E-state index contributed by atoms with van der Waals surface area (Å²) in [7, 11) is 0. The minimum atomic E-state index is -0.264. The monoisotopic (exact) mass is 318 g/mol. The molecule has 5 heteroatoms. The highest BCUT2D eigenvalue weighted by Crippen LogP contribution is 2.21. The van der Waals surface area contributed by atoms with Crippen molar-refractivity contribution in [2.45, 2.75) is 20.4 Å². The van der Waals surface area contributed by atoms with Gasteiger partial charge < -0.3 is 19.3 Å². The standard InChI is InChI=1S/C18H24N2O3/c1-13-9-16-15(11-18(22)23-17(16)10-14(13)2)12-20-5-3-19(4-6-20)7-8-21/h9-11,21H,3-8,12H2,1-2H3/p+2. The normalized spacial score (nSPS) is 21.7. The fourth-order valence-electron chi connectivity index (χ4n) is 3.44. The number of hydrogen-bond acceptors (Lipinski definition) is 3. The number of benzene rings is 1. The van der Waals surface area contributed by atoms with E-state index in [9.17, 15) is 4.79 Å². The molecule has 0 saturated carbocycles. The van der Waals surface area contributed by atoms with Gasteiger partial charge in [-0.2, -0.15) is 0 Å². The van der Waals surface area contributed by atoms with Crippen LogP contribution in [0.15, 0.2) is 27.4 Å². The molecular formula is C18H26N2O3+2. The predicted octanol–water partition coefficient (Wildman–Crippen LogP) is -1.31. The maximum atomic E-state index is 11.9. The van der Waals surface area contributed by atoms with Gasteiger partial charge in [0.2, 0.25) is 0 Å². The van der Waals surface area contributed by atoms with Crippen LogP contribution in [-0.4, -0.2) is 44.4 Å². The zero-order chi connectivity index (χ0) is 16.4. The maximum absolute atomic E-state index is 11.9. The summed E-state index contributed by atoms with van der Waals surface area (Å²) in [5.74, 6) is 0. The van der Waals surface area contributed by atoms with Crippen molar-refractivity contribution in [2.75, 3.05) is 39.3 Å². The second kappa shape index (κ2) is 6.83. The quantitative estimate of drug-likeness (QED) is 0.613. The molecule has 5 nitrogen and oxygen atoms in total. The van der Waals surface area contributed by atoms with Crippen molar-refractivity contribution in [3.8, 4) is 0 Å². The number of nitrogens with one attached hydrogen (secondary N) is 2. The minimum absolute atomic E-state index is 0.258. The van der Waals surface area contributed by atoms with Crippen molar-refractivity contribution in [1.82, 2.24) is 0 Å². The molecular weight excluding hydrogens is 292 g/mol. The summed E-state index contributed by atoms with van der Waals surface area (Å²) in [6, 6.07) is 5.75. The molecule has 0 aliphatic carbocycles. The molecule has 23 heavy (non-hydrogen) atoms. The molecule has 0 spiro atoms. The molecule has 1 aliphatic heterocycles. The molecule has 0 amide bonds. The minimum Gasteiger partial charge on any atom is -0.423 e. The van der Waals surface area contributed by atoms with E-state index in [1.807, 2.05) is 13.0 Å². The van der Waals surface area contributed by atoms with Gasteiger partial charge in [0.15, 0.2) is 0 Å². The largest absolute Gasteiger partial charge is 0.423 e. The number of hydrogen-bond donors (Lipinski definition) is 3. The van der Waals surface area contributed by atoms with Crippen LogP contribution in [0.2, 0.25) is 0 Å². The van der Waals surface area contributed by atoms with Gasteiger partial charge in [0.25, 0.3) is 0 Å². The van der Waals surface area contributed by atoms with Gasteiger partial charge in [0.05, 0.1) is 6.61 Å². The third-order valence-electron chi connectivity index (χ3n) is 5.01. The third kappa shape index (κ3) is 3.63. The summed E-state index contributed by atoms with van der Waals surface area (Å²) in [4.78, 5) is 14.8. The van der Waals surface area contributed by atoms with E-state index in [4.69, 9.17) is 9.52 Å². The summed E-state index contributed by atoms with van der Waals surface area (Å²) >= 11 is 0. The molecule has 0 bridgehead atoms. The number of aryl methyl sites for hydroxylation is 2. The Bertz CT molecular complexity index is 746. The lowest BCUT2D eigenvalue weighted by Crippen LogP contribution is -3.27. The van der Waals surface area contributed by atoms with Crippen LogP contribution in [0.5, 0.6) is 0 Å². The van der Waals surface area contributed by atoms with Gasteiger partial charge in [-0.3, -0.25) is 0 Å². The highest BCUT2D eigenvalue weighted by atomic mass is 16.4. The molecule has 1 aromatic carbocycles. The third-order valence-corrected chi connectivity index (χ3v) is 5.01. The summed E-state index contributed by atoms with van der Waals surface area (Å²) in [5, 5.41) is 10.1. The molecule has 1 aliphatic rings. The van der Waals surface area contributed by atoms with Gasteiger partial charge in [-0.05, 0) is 37.1 Å². The van der Waals surface area contributed by atoms with Crippen LogP contribution >= 0.6 is 0 Å². The summed E-state index contributed by atoms with van der Waals surface area (Å²) < 4.78 is 5.38. The summed E-state index contributed by atoms with van der Waals surface area (Å²) in [5.41, 5.74) is 3.88. The van der Waals surface area contributed by atoms with E-state index in [2.05, 4.69) is 13.0 Å². The van der Waals surface area contributed by atoms with Crippen LogP contribution in [0.1, 0.15) is 16.7 Å². The number of aliphatic hydroxyl groups is 1. The molecule has 1 aromatic heterocycles. The highest BCUT2D eigenvalue weighted by Gasteiger charge is 2.23. The Kier molecular flexibility index (Phi) is 4.80. The molecule has 3 N–H and O–H groups in total. The maximum Gasteiger partial charge on any atom is 0.336 e. The molecule has 0 unspecified atom stereocenters. The first kappa shape index (κ1) is 16.2. The van der Waals surface area contributed by atoms with Gasteiger partial charge in [-0.1, -0.05) is 0 Å². The summed E-state index contributed by atoms with van der Waals surface area (Å²) in [6.07, 6.45) is 0. The Balaban J connectivity index is 1.83. The Labute approximate surface area is 136 Å². The number of aliphatic hydroxyl groups excluding tert-OH is 1. The van der Waals surface area contributed by atoms with Gasteiger partial charge >= 0.3 is 5.63 Å². The second-order valence-corrected chi connectivity index (χ2v) is 6.67. The molecule has 2 heterocycles. The van der Waals surface area contributed by atoms with Crippen LogP contribution < -0.4 is 15.4 Å². The first-order valence-corrected chi connectivity index (χ1v) is 8.39. The van der Waals surface area contributed by atoms with E-state index in [1.54, 1.807) is 6.07 Å². The Morgan fingerprint density at radius 1 is 1.04 bits per heavy atom. The first-order chi connectivity index (χ1) is 11.1. The molecule has 1 fully saturated rings. The van der Waals surface area contributed by atoms with E-state index in [0.29, 0.717) is 5.58 Å². The highest BCUT2D eigenvalue weighted by molar-refractivity contribution is 5.81. The van der Waals surface area contributed by atoms with E-state index in [-0.39, 0.29) is 12.2 Å². The van der Waals surface area contributed by atoms with Gasteiger partial charge in [0, 0.05) is 17.0 Å². The average molecular weight is 318 g/mol. The number of quaternary nitrogens is 2. The number of piperazine rings is 1. The zero-order valence-corrected chi connectivity index (χ0v) is 13.9. The lowest BCUT2D eigenvalue weighted by Gasteiger charge is -2.29. The van der Waals surface area contributed by atoms with Crippen molar-refractivity contribution < 1.29 is 19.3 Å². The Hall–Kier alpha value is -1.69. The van der Waals surface area contributed by atoms with Crippen LogP contribution in [0.4, 0.5) is 0 Å². The Morgan fingerprint density at radius 2 is 1.70 bits per heavy atom. The van der Waals surface area contributed by atoms with Crippen molar-refractivity contribution >= 4 is 11.0 Å². The first-order valence-electron chi connectivity index (χ1n) is 8.39. The number of fused-ring (bicyclic) bond motifs is 1. The van der Waals surface area contributed by atoms with Gasteiger partial charge in [0.1, 0.15) is 44.9 Å².